The number of hydrogen-bond donors (Lipinski definition) is 1. The van der Waals surface area contributed by atoms with Gasteiger partial charge >= 0.3 is 0 Å². The molecule has 9 heteroatoms. The molecule has 2 amide bonds. The van der Waals surface area contributed by atoms with Crippen LogP contribution in [0.1, 0.15) is 54.1 Å². The fourth-order valence-electron chi connectivity index (χ4n) is 5.99. The molecule has 0 unspecified atom stereocenters. The van der Waals surface area contributed by atoms with E-state index in [0.717, 1.165) is 25.8 Å². The second-order valence-corrected chi connectivity index (χ2v) is 10.5. The largest absolute Gasteiger partial charge is 0.493 e. The Balaban J connectivity index is 1.39. The second-order valence-electron chi connectivity index (χ2n) is 10.1. The van der Waals surface area contributed by atoms with E-state index in [9.17, 15) is 14.0 Å². The third-order valence-corrected chi connectivity index (χ3v) is 8.04. The zero-order valence-corrected chi connectivity index (χ0v) is 21.8. The van der Waals surface area contributed by atoms with Gasteiger partial charge in [0.25, 0.3) is 5.91 Å². The number of amides is 2. The standard InChI is InChI=1S/C28H33ClFN3O4/c1-36-25-9-6-18-14-26(25)37-12-3-2-10-32(28(35)21-15-20(29)7-8-22(21)30)17-27(34)31-16-19-13-24(18)33-11-4-5-23(19)33/h6-9,14-15,19,23-24H,2-5,10-13,16-17H2,1H3,(H,31,34)/t19-,23+,24-/m1/s1. The summed E-state index contributed by atoms with van der Waals surface area (Å²) in [5, 5.41) is 3.34. The molecule has 0 radical (unpaired) electrons. The summed E-state index contributed by atoms with van der Waals surface area (Å²) < 4.78 is 26.1. The van der Waals surface area contributed by atoms with E-state index >= 15 is 0 Å². The van der Waals surface area contributed by atoms with E-state index in [-0.39, 0.29) is 29.1 Å². The first-order valence-corrected chi connectivity index (χ1v) is 13.4. The van der Waals surface area contributed by atoms with E-state index in [0.29, 0.717) is 56.0 Å². The number of nitrogens with one attached hydrogen (secondary N) is 1. The Bertz CT molecular complexity index is 1160. The Hall–Kier alpha value is -2.84. The SMILES string of the molecule is COc1ccc2cc1OCCCCN(C(=O)c1cc(Cl)ccc1F)CC(=O)NC[C@H]1C[C@H]2N2CCC[C@@H]12. The van der Waals surface area contributed by atoms with Gasteiger partial charge < -0.3 is 19.7 Å². The van der Waals surface area contributed by atoms with Crippen LogP contribution in [0.2, 0.25) is 5.02 Å². The maximum absolute atomic E-state index is 14.5. The van der Waals surface area contributed by atoms with Crippen LogP contribution in [0.3, 0.4) is 0 Å². The number of halogens is 2. The molecule has 0 saturated carbocycles. The predicted octanol–water partition coefficient (Wildman–Crippen LogP) is 4.44. The van der Waals surface area contributed by atoms with Gasteiger partial charge in [0.1, 0.15) is 5.82 Å². The summed E-state index contributed by atoms with van der Waals surface area (Å²) in [7, 11) is 1.64. The van der Waals surface area contributed by atoms with Crippen LogP contribution >= 0.6 is 11.6 Å². The quantitative estimate of drug-likeness (QED) is 0.622. The molecule has 3 heterocycles. The third-order valence-electron chi connectivity index (χ3n) is 7.81. The fourth-order valence-corrected chi connectivity index (χ4v) is 6.16. The van der Waals surface area contributed by atoms with E-state index in [2.05, 4.69) is 22.3 Å². The average Bonchev–Trinajstić information content (AvgIpc) is 3.50. The summed E-state index contributed by atoms with van der Waals surface area (Å²) in [5.74, 6) is 0.278. The third kappa shape index (κ3) is 5.55. The number of methoxy groups -OCH3 is 1. The fraction of sp³-hybridized carbons (Fsp3) is 0.500. The van der Waals surface area contributed by atoms with Crippen molar-refractivity contribution in [3.63, 3.8) is 0 Å². The topological polar surface area (TPSA) is 71.1 Å². The Morgan fingerprint density at radius 2 is 2.03 bits per heavy atom. The number of ether oxygens (including phenoxy) is 2. The van der Waals surface area contributed by atoms with Crippen molar-refractivity contribution in [3.05, 3.63) is 58.4 Å². The number of hydrogen-bond acceptors (Lipinski definition) is 5. The molecule has 5 rings (SSSR count). The summed E-state index contributed by atoms with van der Waals surface area (Å²) in [6, 6.07) is 10.7. The lowest BCUT2D eigenvalue weighted by Crippen LogP contribution is -2.43. The first-order chi connectivity index (χ1) is 17.9. The summed E-state index contributed by atoms with van der Waals surface area (Å²) >= 11 is 6.02. The molecule has 2 aromatic carbocycles. The van der Waals surface area contributed by atoms with E-state index < -0.39 is 11.7 Å². The smallest absolute Gasteiger partial charge is 0.257 e. The molecule has 7 nitrogen and oxygen atoms in total. The van der Waals surface area contributed by atoms with Crippen LogP contribution < -0.4 is 14.8 Å². The number of carbonyl (C=O) groups excluding carboxylic acids is 2. The Morgan fingerprint density at radius 1 is 1.16 bits per heavy atom. The van der Waals surface area contributed by atoms with Gasteiger partial charge in [0.05, 0.1) is 25.8 Å². The molecule has 3 aliphatic heterocycles. The van der Waals surface area contributed by atoms with Gasteiger partial charge in [-0.3, -0.25) is 14.5 Å². The summed E-state index contributed by atoms with van der Waals surface area (Å²) in [6.07, 6.45) is 4.42. The van der Waals surface area contributed by atoms with Gasteiger partial charge in [-0.15, -0.1) is 0 Å². The highest BCUT2D eigenvalue weighted by molar-refractivity contribution is 6.31. The molecule has 2 aromatic rings. The molecule has 198 valence electrons. The maximum atomic E-state index is 14.5. The number of rotatable bonds is 2. The highest BCUT2D eigenvalue weighted by atomic mass is 35.5. The molecule has 3 atom stereocenters. The van der Waals surface area contributed by atoms with Crippen LogP contribution in [0.5, 0.6) is 11.5 Å². The number of carbonyl (C=O) groups is 2. The van der Waals surface area contributed by atoms with Gasteiger partial charge in [-0.1, -0.05) is 17.7 Å². The van der Waals surface area contributed by atoms with Gasteiger partial charge in [0.15, 0.2) is 11.5 Å². The first kappa shape index (κ1) is 25.8. The average molecular weight is 530 g/mol. The second kappa shape index (κ2) is 11.3. The molecule has 0 spiro atoms. The Morgan fingerprint density at radius 3 is 2.86 bits per heavy atom. The van der Waals surface area contributed by atoms with Crippen LogP contribution in [0.15, 0.2) is 36.4 Å². The minimum Gasteiger partial charge on any atom is -0.493 e. The number of nitrogens with zero attached hydrogens (tertiary/aromatic N) is 2. The zero-order valence-electron chi connectivity index (χ0n) is 21.1. The van der Waals surface area contributed by atoms with Crippen LogP contribution in [-0.4, -0.2) is 67.6 Å². The van der Waals surface area contributed by atoms with Crippen molar-refractivity contribution in [2.45, 2.75) is 44.2 Å². The molecular formula is C28H33ClFN3O4. The molecule has 3 aliphatic rings. The van der Waals surface area contributed by atoms with Crippen LogP contribution in [0.4, 0.5) is 4.39 Å². The molecule has 0 aliphatic carbocycles. The summed E-state index contributed by atoms with van der Waals surface area (Å²) in [5.41, 5.74) is 1.08. The minimum absolute atomic E-state index is 0.132. The van der Waals surface area contributed by atoms with E-state index in [4.69, 9.17) is 21.1 Å². The van der Waals surface area contributed by atoms with Crippen molar-refractivity contribution >= 4 is 23.4 Å². The number of benzene rings is 2. The van der Waals surface area contributed by atoms with Crippen molar-refractivity contribution in [2.75, 3.05) is 39.9 Å². The van der Waals surface area contributed by atoms with Crippen molar-refractivity contribution in [1.29, 1.82) is 0 Å². The predicted molar refractivity (Wildman–Crippen MR) is 139 cm³/mol. The monoisotopic (exact) mass is 529 g/mol. The first-order valence-electron chi connectivity index (χ1n) is 13.0. The number of fused-ring (bicyclic) bond motifs is 8. The Kier molecular flexibility index (Phi) is 7.86. The van der Waals surface area contributed by atoms with E-state index in [1.807, 2.05) is 6.07 Å². The maximum Gasteiger partial charge on any atom is 0.257 e. The van der Waals surface area contributed by atoms with Gasteiger partial charge in [-0.2, -0.15) is 0 Å². The highest BCUT2D eigenvalue weighted by Gasteiger charge is 2.44. The lowest BCUT2D eigenvalue weighted by Gasteiger charge is -2.25. The molecular weight excluding hydrogens is 497 g/mol. The minimum atomic E-state index is -0.657. The van der Waals surface area contributed by atoms with Gasteiger partial charge in [-0.25, -0.2) is 4.39 Å². The summed E-state index contributed by atoms with van der Waals surface area (Å²) in [4.78, 5) is 30.2. The zero-order chi connectivity index (χ0) is 25.9. The van der Waals surface area contributed by atoms with Crippen molar-refractivity contribution in [2.24, 2.45) is 5.92 Å². The Labute approximate surface area is 221 Å². The van der Waals surface area contributed by atoms with Crippen LogP contribution in [0, 0.1) is 11.7 Å². The molecule has 37 heavy (non-hydrogen) atoms. The van der Waals surface area contributed by atoms with Crippen LogP contribution in [-0.2, 0) is 4.79 Å². The molecule has 0 aromatic heterocycles. The van der Waals surface area contributed by atoms with Gasteiger partial charge in [-0.05, 0) is 80.5 Å². The lowest BCUT2D eigenvalue weighted by molar-refractivity contribution is -0.122. The molecule has 4 bridgehead atoms. The van der Waals surface area contributed by atoms with E-state index in [1.165, 1.54) is 28.7 Å². The van der Waals surface area contributed by atoms with Gasteiger partial charge in [0.2, 0.25) is 5.91 Å². The van der Waals surface area contributed by atoms with Crippen LogP contribution in [0.25, 0.3) is 0 Å². The van der Waals surface area contributed by atoms with E-state index in [1.54, 1.807) is 7.11 Å². The highest BCUT2D eigenvalue weighted by Crippen LogP contribution is 2.46. The molecule has 2 saturated heterocycles. The molecule has 2 fully saturated rings. The van der Waals surface area contributed by atoms with Crippen molar-refractivity contribution in [1.82, 2.24) is 15.1 Å². The van der Waals surface area contributed by atoms with Crippen molar-refractivity contribution < 1.29 is 23.5 Å². The van der Waals surface area contributed by atoms with Gasteiger partial charge in [0, 0.05) is 30.2 Å². The normalized spacial score (nSPS) is 24.8. The lowest BCUT2D eigenvalue weighted by atomic mass is 9.94. The molecule has 1 N–H and O–H groups in total. The van der Waals surface area contributed by atoms with Crippen molar-refractivity contribution in [3.8, 4) is 11.5 Å². The summed E-state index contributed by atoms with van der Waals surface area (Å²) in [6.45, 7) is 2.17.